The largest absolute Gasteiger partial charge is 0.453 e. The first-order valence-electron chi connectivity index (χ1n) is 20.9. The normalized spacial score (nSPS) is 19.8. The Morgan fingerprint density at radius 3 is 2.08 bits per heavy atom. The van der Waals surface area contributed by atoms with E-state index in [2.05, 4.69) is 65.9 Å². The Kier molecular flexibility index (Phi) is 11.8. The number of nitrogens with one attached hydrogen (secondary N) is 3. The van der Waals surface area contributed by atoms with Gasteiger partial charge in [-0.3, -0.25) is 19.5 Å². The molecule has 2 fully saturated rings. The molecule has 0 radical (unpaired) electrons. The number of aliphatic imine (C=N–C) groups is 1. The molecular formula is C48H54N8O4. The van der Waals surface area contributed by atoms with Gasteiger partial charge in [-0.05, 0) is 104 Å². The number of H-pyrrole nitrogens is 1. The van der Waals surface area contributed by atoms with Gasteiger partial charge < -0.3 is 30.2 Å². The molecule has 8 rings (SSSR count). The summed E-state index contributed by atoms with van der Waals surface area (Å²) in [7, 11) is 5.21. The molecule has 4 aromatic carbocycles. The quantitative estimate of drug-likeness (QED) is 0.126. The minimum atomic E-state index is -0.858. The third kappa shape index (κ3) is 8.16. The molecule has 3 amide bonds. The number of amidine groups is 1. The molecule has 1 aromatic heterocycles. The minimum absolute atomic E-state index is 0.0142. The second-order valence-corrected chi connectivity index (χ2v) is 16.3. The molecule has 0 saturated carbocycles. The van der Waals surface area contributed by atoms with E-state index in [-0.39, 0.29) is 36.0 Å². The average molecular weight is 807 g/mol. The lowest BCUT2D eigenvalue weighted by molar-refractivity contribution is -0.137. The summed E-state index contributed by atoms with van der Waals surface area (Å²) in [5.74, 6) is 1.55. The van der Waals surface area contributed by atoms with Crippen molar-refractivity contribution in [2.45, 2.75) is 69.7 Å². The number of aromatic amines is 1. The number of benzene rings is 4. The van der Waals surface area contributed by atoms with Gasteiger partial charge in [-0.1, -0.05) is 91.0 Å². The molecule has 3 N–H and O–H groups in total. The van der Waals surface area contributed by atoms with E-state index in [4.69, 9.17) is 14.7 Å². The zero-order valence-electron chi connectivity index (χ0n) is 35.0. The number of hydrogen-bond acceptors (Lipinski definition) is 8. The van der Waals surface area contributed by atoms with Gasteiger partial charge in [0, 0.05) is 13.1 Å². The Morgan fingerprint density at radius 1 is 0.800 bits per heavy atom. The number of methoxy groups -OCH3 is 1. The first-order chi connectivity index (χ1) is 29.1. The van der Waals surface area contributed by atoms with E-state index in [1.807, 2.05) is 95.7 Å². The van der Waals surface area contributed by atoms with Crippen LogP contribution in [0, 0.1) is 13.8 Å². The summed E-state index contributed by atoms with van der Waals surface area (Å²) >= 11 is 0. The minimum Gasteiger partial charge on any atom is -0.453 e. The van der Waals surface area contributed by atoms with E-state index in [1.54, 1.807) is 0 Å². The van der Waals surface area contributed by atoms with E-state index < -0.39 is 12.1 Å². The van der Waals surface area contributed by atoms with Gasteiger partial charge >= 0.3 is 6.09 Å². The van der Waals surface area contributed by atoms with Gasteiger partial charge in [0.2, 0.25) is 5.91 Å². The van der Waals surface area contributed by atoms with Gasteiger partial charge in [0.25, 0.3) is 5.91 Å². The van der Waals surface area contributed by atoms with E-state index in [9.17, 15) is 14.4 Å². The van der Waals surface area contributed by atoms with Crippen molar-refractivity contribution in [3.8, 4) is 22.4 Å². The van der Waals surface area contributed by atoms with Gasteiger partial charge in [0.05, 0.1) is 43.7 Å². The molecule has 310 valence electrons. The fraction of sp³-hybridized carbons (Fsp3) is 0.354. The summed E-state index contributed by atoms with van der Waals surface area (Å²) < 4.78 is 4.86. The Labute approximate surface area is 352 Å². The Balaban J connectivity index is 0.934. The second-order valence-electron chi connectivity index (χ2n) is 16.3. The van der Waals surface area contributed by atoms with Crippen molar-refractivity contribution in [3.05, 3.63) is 137 Å². The topological polar surface area (TPSA) is 135 Å². The number of likely N-dealkylation sites (tertiary alicyclic amines) is 2. The Bertz CT molecular complexity index is 2380. The number of imidazole rings is 1. The average Bonchev–Trinajstić information content (AvgIpc) is 4.10. The highest BCUT2D eigenvalue weighted by atomic mass is 16.5. The third-order valence-corrected chi connectivity index (χ3v) is 12.2. The van der Waals surface area contributed by atoms with Crippen LogP contribution in [0.4, 0.5) is 4.79 Å². The first-order valence-corrected chi connectivity index (χ1v) is 20.9. The van der Waals surface area contributed by atoms with Crippen LogP contribution >= 0.6 is 0 Å². The molecule has 12 nitrogen and oxygen atoms in total. The predicted molar refractivity (Wildman–Crippen MR) is 233 cm³/mol. The molecule has 3 aliphatic rings. The third-order valence-electron chi connectivity index (χ3n) is 12.2. The molecule has 0 bridgehead atoms. The molecule has 2 saturated heterocycles. The van der Waals surface area contributed by atoms with Crippen molar-refractivity contribution in [1.82, 2.24) is 35.3 Å². The summed E-state index contributed by atoms with van der Waals surface area (Å²) in [6, 6.07) is 30.8. The summed E-state index contributed by atoms with van der Waals surface area (Å²) in [6.45, 7) is 6.16. The van der Waals surface area contributed by atoms with Crippen LogP contribution in [0.25, 0.3) is 22.4 Å². The maximum absolute atomic E-state index is 14.0. The Hall–Kier alpha value is -6.27. The zero-order valence-corrected chi connectivity index (χ0v) is 35.0. The van der Waals surface area contributed by atoms with Crippen molar-refractivity contribution in [3.63, 3.8) is 0 Å². The van der Waals surface area contributed by atoms with E-state index in [0.717, 1.165) is 76.4 Å². The highest BCUT2D eigenvalue weighted by molar-refractivity contribution is 5.96. The molecule has 5 atom stereocenters. The van der Waals surface area contributed by atoms with E-state index >= 15 is 0 Å². The highest BCUT2D eigenvalue weighted by Crippen LogP contribution is 2.37. The van der Waals surface area contributed by atoms with Crippen LogP contribution in [-0.2, 0) is 14.3 Å². The molecule has 5 aromatic rings. The number of likely N-dealkylation sites (N-methyl/N-ethyl adjacent to an activating group) is 1. The SMILES string of the molecule is COC(=O)N[C@@H](C(=O)N1CCC[C@H]1C1=NCC(c2ccc(-c3ccc(-c4cnc([C@@H]5CCCN5C(=O)[C@@H](c5ccccc5)N(C)C)[nH]4)cc3C)c(C)c2)N1)c1ccccc1. The highest BCUT2D eigenvalue weighted by Gasteiger charge is 2.40. The van der Waals surface area contributed by atoms with E-state index in [0.29, 0.717) is 25.2 Å². The summed E-state index contributed by atoms with van der Waals surface area (Å²) in [5, 5.41) is 6.39. The van der Waals surface area contributed by atoms with Crippen LogP contribution in [0.5, 0.6) is 0 Å². The van der Waals surface area contributed by atoms with Crippen LogP contribution in [0.1, 0.15) is 83.5 Å². The van der Waals surface area contributed by atoms with Crippen LogP contribution < -0.4 is 10.6 Å². The standard InChI is InChI=1S/C48H54N8O4/c1-30-26-34(38-28-49-44(51-38)40-18-12-24-55(40)46(57)42(53-48(59)60-5)32-14-8-6-9-15-32)20-22-36(30)37-23-21-35(27-31(37)2)39-29-50-45(52-39)41-19-13-25-56(41)47(58)43(54(3)4)33-16-10-7-11-17-33/h6-11,14-17,20-23,26-27,29,38,40-43H,12-13,18-19,24-25,28H2,1-5H3,(H,49,51)(H,50,52)(H,53,59)/t38?,40-,41-,42+,43+/m0/s1. The number of aromatic nitrogens is 2. The number of nitrogens with zero attached hydrogens (tertiary/aromatic N) is 5. The number of alkyl carbamates (subject to hydrolysis) is 1. The molecule has 0 aliphatic carbocycles. The number of ether oxygens (including phenoxy) is 1. The number of carbonyl (C=O) groups is 3. The smallest absolute Gasteiger partial charge is 0.407 e. The lowest BCUT2D eigenvalue weighted by Crippen LogP contribution is -2.49. The number of amides is 3. The summed E-state index contributed by atoms with van der Waals surface area (Å²) in [4.78, 5) is 59.4. The Morgan fingerprint density at radius 2 is 1.43 bits per heavy atom. The number of aryl methyl sites for hydroxylation is 2. The van der Waals surface area contributed by atoms with Gasteiger partial charge in [-0.15, -0.1) is 0 Å². The van der Waals surface area contributed by atoms with Gasteiger partial charge in [0.15, 0.2) is 0 Å². The molecule has 4 heterocycles. The molecular weight excluding hydrogens is 753 g/mol. The predicted octanol–water partition coefficient (Wildman–Crippen LogP) is 7.46. The number of hydrogen-bond donors (Lipinski definition) is 3. The molecule has 60 heavy (non-hydrogen) atoms. The van der Waals surface area contributed by atoms with Gasteiger partial charge in [-0.2, -0.15) is 0 Å². The molecule has 0 spiro atoms. The number of carbonyl (C=O) groups excluding carboxylic acids is 3. The van der Waals surface area contributed by atoms with Crippen LogP contribution in [0.3, 0.4) is 0 Å². The van der Waals surface area contributed by atoms with Gasteiger partial charge in [-0.25, -0.2) is 9.78 Å². The maximum atomic E-state index is 14.0. The van der Waals surface area contributed by atoms with Crippen molar-refractivity contribution >= 4 is 23.7 Å². The monoisotopic (exact) mass is 806 g/mol. The van der Waals surface area contributed by atoms with Crippen molar-refractivity contribution in [2.75, 3.05) is 40.8 Å². The zero-order chi connectivity index (χ0) is 41.9. The molecule has 1 unspecified atom stereocenters. The van der Waals surface area contributed by atoms with Crippen LogP contribution in [0.2, 0.25) is 0 Å². The van der Waals surface area contributed by atoms with Crippen LogP contribution in [0.15, 0.2) is 108 Å². The molecule has 12 heteroatoms. The number of rotatable bonds is 11. The fourth-order valence-corrected chi connectivity index (χ4v) is 9.20. The lowest BCUT2D eigenvalue weighted by atomic mass is 9.92. The van der Waals surface area contributed by atoms with Crippen molar-refractivity contribution in [1.29, 1.82) is 0 Å². The maximum Gasteiger partial charge on any atom is 0.407 e. The fourth-order valence-electron chi connectivity index (χ4n) is 9.20. The second kappa shape index (κ2) is 17.5. The van der Waals surface area contributed by atoms with Crippen LogP contribution in [-0.4, -0.2) is 95.3 Å². The molecule has 3 aliphatic heterocycles. The summed E-state index contributed by atoms with van der Waals surface area (Å²) in [6.07, 6.45) is 4.68. The summed E-state index contributed by atoms with van der Waals surface area (Å²) in [5.41, 5.74) is 9.45. The van der Waals surface area contributed by atoms with E-state index in [1.165, 1.54) is 12.7 Å². The first kappa shape index (κ1) is 40.5. The van der Waals surface area contributed by atoms with Gasteiger partial charge in [0.1, 0.15) is 23.7 Å². The van der Waals surface area contributed by atoms with Crippen molar-refractivity contribution < 1.29 is 19.1 Å². The van der Waals surface area contributed by atoms with Crippen molar-refractivity contribution in [2.24, 2.45) is 4.99 Å². The lowest BCUT2D eigenvalue weighted by Gasteiger charge is -2.31.